The molecule has 0 spiro atoms. The third-order valence-electron chi connectivity index (χ3n) is 2.01. The molecule has 2 aromatic rings. The Labute approximate surface area is 79.0 Å². The Morgan fingerprint density at radius 1 is 1.50 bits per heavy atom. The zero-order valence-corrected chi connectivity index (χ0v) is 7.72. The maximum Gasteiger partial charge on any atom is 0.279 e. The molecule has 6 nitrogen and oxygen atoms in total. The van der Waals surface area contributed by atoms with E-state index in [-0.39, 0.29) is 11.3 Å². The quantitative estimate of drug-likeness (QED) is 0.561. The van der Waals surface area contributed by atoms with E-state index in [4.69, 9.17) is 5.26 Å². The molecule has 0 aliphatic heterocycles. The summed E-state index contributed by atoms with van der Waals surface area (Å²) in [6.45, 7) is 0. The molecule has 6 heteroatoms. The number of fused-ring (bicyclic) bond motifs is 1. The fraction of sp³-hybridized carbons (Fsp3) is 0.250. The Hall–Kier alpha value is -2.16. The largest absolute Gasteiger partial charge is 0.301 e. The van der Waals surface area contributed by atoms with Crippen LogP contribution in [-0.2, 0) is 14.1 Å². The number of hydrogen-bond acceptors (Lipinski definition) is 4. The van der Waals surface area contributed by atoms with Gasteiger partial charge in [0.15, 0.2) is 11.2 Å². The Bertz CT molecular complexity index is 600. The molecule has 0 N–H and O–H groups in total. The number of rotatable bonds is 0. The van der Waals surface area contributed by atoms with E-state index >= 15 is 0 Å². The molecule has 0 atom stereocenters. The van der Waals surface area contributed by atoms with Gasteiger partial charge in [-0.15, -0.1) is 0 Å². The lowest BCUT2D eigenvalue weighted by atomic mass is 10.3. The Kier molecular flexibility index (Phi) is 1.61. The molecule has 2 rings (SSSR count). The summed E-state index contributed by atoms with van der Waals surface area (Å²) in [7, 11) is 3.22. The first-order chi connectivity index (χ1) is 6.65. The van der Waals surface area contributed by atoms with Gasteiger partial charge in [-0.05, 0) is 0 Å². The van der Waals surface area contributed by atoms with Crippen molar-refractivity contribution in [1.29, 1.82) is 5.26 Å². The second-order valence-corrected chi connectivity index (χ2v) is 2.94. The molecule has 70 valence electrons. The molecule has 0 bridgehead atoms. The van der Waals surface area contributed by atoms with Crippen LogP contribution in [0.4, 0.5) is 0 Å². The monoisotopic (exact) mass is 189 g/mol. The second kappa shape index (κ2) is 2.67. The molecular weight excluding hydrogens is 182 g/mol. The van der Waals surface area contributed by atoms with Crippen molar-refractivity contribution in [3.63, 3.8) is 0 Å². The van der Waals surface area contributed by atoms with Crippen LogP contribution in [0.2, 0.25) is 0 Å². The maximum absolute atomic E-state index is 11.6. The van der Waals surface area contributed by atoms with Crippen LogP contribution in [0.3, 0.4) is 0 Å². The molecule has 2 heterocycles. The lowest BCUT2D eigenvalue weighted by Gasteiger charge is -1.96. The molecule has 0 saturated carbocycles. The van der Waals surface area contributed by atoms with E-state index < -0.39 is 0 Å². The number of hydrogen-bond donors (Lipinski definition) is 0. The molecular formula is C8H7N5O. The van der Waals surface area contributed by atoms with Gasteiger partial charge in [-0.25, -0.2) is 4.98 Å². The van der Waals surface area contributed by atoms with Gasteiger partial charge in [0.05, 0.1) is 6.33 Å². The van der Waals surface area contributed by atoms with Crippen molar-refractivity contribution < 1.29 is 0 Å². The minimum atomic E-state index is -0.202. The van der Waals surface area contributed by atoms with Crippen molar-refractivity contribution in [3.05, 3.63) is 22.4 Å². The summed E-state index contributed by atoms with van der Waals surface area (Å²) in [5.74, 6) is 0. The van der Waals surface area contributed by atoms with Gasteiger partial charge < -0.3 is 4.57 Å². The summed E-state index contributed by atoms with van der Waals surface area (Å²) in [6.07, 6.45) is 1.38. The Morgan fingerprint density at radius 2 is 2.21 bits per heavy atom. The van der Waals surface area contributed by atoms with Crippen molar-refractivity contribution in [2.45, 2.75) is 0 Å². The van der Waals surface area contributed by atoms with Crippen LogP contribution in [0.1, 0.15) is 5.69 Å². The van der Waals surface area contributed by atoms with Crippen molar-refractivity contribution in [2.75, 3.05) is 0 Å². The van der Waals surface area contributed by atoms with Gasteiger partial charge in [-0.3, -0.25) is 9.48 Å². The van der Waals surface area contributed by atoms with E-state index in [1.54, 1.807) is 14.1 Å². The molecule has 0 aliphatic carbocycles. The van der Waals surface area contributed by atoms with Crippen LogP contribution < -0.4 is 5.56 Å². The molecule has 0 unspecified atom stereocenters. The van der Waals surface area contributed by atoms with Crippen LogP contribution in [0.15, 0.2) is 11.1 Å². The van der Waals surface area contributed by atoms with Gasteiger partial charge in [0.1, 0.15) is 11.6 Å². The Balaban J connectivity index is 3.06. The zero-order valence-electron chi connectivity index (χ0n) is 7.72. The molecule has 14 heavy (non-hydrogen) atoms. The van der Waals surface area contributed by atoms with Crippen molar-refractivity contribution >= 4 is 11.0 Å². The van der Waals surface area contributed by atoms with E-state index in [0.29, 0.717) is 11.0 Å². The van der Waals surface area contributed by atoms with Crippen molar-refractivity contribution in [1.82, 2.24) is 19.3 Å². The number of nitrogens with zero attached hydrogens (tertiary/aromatic N) is 5. The predicted molar refractivity (Wildman–Crippen MR) is 48.5 cm³/mol. The van der Waals surface area contributed by atoms with E-state index in [9.17, 15) is 4.79 Å². The molecule has 0 saturated heterocycles. The summed E-state index contributed by atoms with van der Waals surface area (Å²) in [5.41, 5.74) is 0.691. The van der Waals surface area contributed by atoms with Crippen LogP contribution in [0.25, 0.3) is 11.0 Å². The lowest BCUT2D eigenvalue weighted by molar-refractivity contribution is 0.770. The van der Waals surface area contributed by atoms with Gasteiger partial charge in [-0.1, -0.05) is 0 Å². The van der Waals surface area contributed by atoms with E-state index in [2.05, 4.69) is 10.1 Å². The molecule has 0 amide bonds. The van der Waals surface area contributed by atoms with Gasteiger partial charge in [0, 0.05) is 14.1 Å². The van der Waals surface area contributed by atoms with Gasteiger partial charge >= 0.3 is 0 Å². The average Bonchev–Trinajstić information content (AvgIpc) is 2.49. The molecule has 2 aromatic heterocycles. The first-order valence-corrected chi connectivity index (χ1v) is 3.93. The summed E-state index contributed by atoms with van der Waals surface area (Å²) >= 11 is 0. The second-order valence-electron chi connectivity index (χ2n) is 2.94. The Morgan fingerprint density at radius 3 is 2.86 bits per heavy atom. The highest BCUT2D eigenvalue weighted by molar-refractivity contribution is 5.78. The van der Waals surface area contributed by atoms with Gasteiger partial charge in [0.2, 0.25) is 0 Å². The van der Waals surface area contributed by atoms with Crippen molar-refractivity contribution in [3.8, 4) is 6.07 Å². The van der Waals surface area contributed by atoms with E-state index in [1.807, 2.05) is 6.07 Å². The summed E-state index contributed by atoms with van der Waals surface area (Å²) in [4.78, 5) is 15.6. The van der Waals surface area contributed by atoms with Crippen LogP contribution in [0, 0.1) is 11.3 Å². The fourth-order valence-electron chi connectivity index (χ4n) is 1.31. The van der Waals surface area contributed by atoms with Crippen LogP contribution >= 0.6 is 0 Å². The van der Waals surface area contributed by atoms with Crippen LogP contribution in [-0.4, -0.2) is 19.3 Å². The van der Waals surface area contributed by atoms with E-state index in [0.717, 1.165) is 0 Å². The highest BCUT2D eigenvalue weighted by Crippen LogP contribution is 2.09. The molecule has 0 fully saturated rings. The van der Waals surface area contributed by atoms with Crippen molar-refractivity contribution in [2.24, 2.45) is 14.1 Å². The minimum Gasteiger partial charge on any atom is -0.301 e. The lowest BCUT2D eigenvalue weighted by Crippen LogP contribution is -2.18. The summed E-state index contributed by atoms with van der Waals surface area (Å²) in [6, 6.07) is 1.89. The van der Waals surface area contributed by atoms with E-state index in [1.165, 1.54) is 15.6 Å². The van der Waals surface area contributed by atoms with Crippen LogP contribution in [0.5, 0.6) is 0 Å². The predicted octanol–water partition coefficient (Wildman–Crippen LogP) is -0.461. The zero-order chi connectivity index (χ0) is 10.3. The van der Waals surface area contributed by atoms with Gasteiger partial charge in [-0.2, -0.15) is 10.4 Å². The third kappa shape index (κ3) is 0.925. The SMILES string of the molecule is Cn1cnc2c(C#N)nn(C)c2c1=O. The number of aromatic nitrogens is 4. The molecule has 0 aromatic carbocycles. The highest BCUT2D eigenvalue weighted by Gasteiger charge is 2.12. The first kappa shape index (κ1) is 8.44. The maximum atomic E-state index is 11.6. The standard InChI is InChI=1S/C8H7N5O/c1-12-4-10-6-5(3-9)11-13(2)7(6)8(12)14/h4H,1-2H3. The normalized spacial score (nSPS) is 10.4. The summed E-state index contributed by atoms with van der Waals surface area (Å²) < 4.78 is 2.73. The van der Waals surface area contributed by atoms with Gasteiger partial charge in [0.25, 0.3) is 5.56 Å². The third-order valence-corrected chi connectivity index (χ3v) is 2.01. The molecule has 0 radical (unpaired) electrons. The topological polar surface area (TPSA) is 76.5 Å². The average molecular weight is 189 g/mol. The number of nitriles is 1. The fourth-order valence-corrected chi connectivity index (χ4v) is 1.31. The molecule has 0 aliphatic rings. The highest BCUT2D eigenvalue weighted by atomic mass is 16.1. The first-order valence-electron chi connectivity index (χ1n) is 3.93. The summed E-state index contributed by atoms with van der Waals surface area (Å²) in [5, 5.41) is 12.6. The smallest absolute Gasteiger partial charge is 0.279 e. The number of aryl methyl sites for hydroxylation is 2. The minimum absolute atomic E-state index is 0.181.